The number of hydrogen-bond acceptors (Lipinski definition) is 5. The summed E-state index contributed by atoms with van der Waals surface area (Å²) in [6.45, 7) is 2.10. The fourth-order valence-corrected chi connectivity index (χ4v) is 3.16. The first-order valence-electron chi connectivity index (χ1n) is 7.03. The first kappa shape index (κ1) is 14.0. The number of nitrogens with one attached hydrogen (secondary N) is 1. The van der Waals surface area contributed by atoms with Gasteiger partial charge in [-0.1, -0.05) is 12.1 Å². The Morgan fingerprint density at radius 1 is 1.43 bits per heavy atom. The predicted molar refractivity (Wildman–Crippen MR) is 76.6 cm³/mol. The molecule has 2 atom stereocenters. The normalized spacial score (nSPS) is 26.5. The van der Waals surface area contributed by atoms with Crippen LogP contribution in [-0.4, -0.2) is 53.4 Å². The number of hydrogen-bond donors (Lipinski definition) is 1. The summed E-state index contributed by atoms with van der Waals surface area (Å²) in [5.41, 5.74) is 0.821. The molecule has 1 aromatic carbocycles. The molecule has 0 radical (unpaired) electrons. The summed E-state index contributed by atoms with van der Waals surface area (Å²) < 4.78 is 0. The van der Waals surface area contributed by atoms with Gasteiger partial charge in [0.05, 0.1) is 11.5 Å². The van der Waals surface area contributed by atoms with Crippen LogP contribution in [0.1, 0.15) is 18.2 Å². The van der Waals surface area contributed by atoms with Gasteiger partial charge in [-0.15, -0.1) is 0 Å². The number of carbonyl (C=O) groups is 1. The first-order chi connectivity index (χ1) is 10.1. The van der Waals surface area contributed by atoms with Crippen LogP contribution < -0.4 is 5.32 Å². The lowest BCUT2D eigenvalue weighted by molar-refractivity contribution is -0.385. The van der Waals surface area contributed by atoms with E-state index < -0.39 is 4.92 Å². The number of nitro benzene ring substituents is 1. The Kier molecular flexibility index (Phi) is 3.60. The molecular formula is C14H18N4O3. The van der Waals surface area contributed by atoms with Crippen molar-refractivity contribution in [2.75, 3.05) is 26.7 Å². The lowest BCUT2D eigenvalue weighted by atomic mass is 10.1. The van der Waals surface area contributed by atoms with Crippen molar-refractivity contribution >= 4 is 11.6 Å². The minimum Gasteiger partial charge on any atom is -0.317 e. The van der Waals surface area contributed by atoms with Gasteiger partial charge in [0.1, 0.15) is 6.17 Å². The molecule has 2 heterocycles. The van der Waals surface area contributed by atoms with E-state index in [0.29, 0.717) is 0 Å². The third-order valence-electron chi connectivity index (χ3n) is 4.17. The molecule has 2 fully saturated rings. The zero-order valence-corrected chi connectivity index (χ0v) is 11.9. The molecule has 2 unspecified atom stereocenters. The minimum absolute atomic E-state index is 0.0529. The van der Waals surface area contributed by atoms with Crippen molar-refractivity contribution < 1.29 is 9.72 Å². The average molecular weight is 290 g/mol. The maximum absolute atomic E-state index is 12.2. The van der Waals surface area contributed by atoms with Crippen molar-refractivity contribution in [3.05, 3.63) is 39.9 Å². The number of rotatable bonds is 3. The van der Waals surface area contributed by atoms with Crippen LogP contribution in [-0.2, 0) is 4.79 Å². The van der Waals surface area contributed by atoms with E-state index in [9.17, 15) is 14.9 Å². The summed E-state index contributed by atoms with van der Waals surface area (Å²) in [6.07, 6.45) is 0.670. The lowest BCUT2D eigenvalue weighted by Gasteiger charge is -2.30. The Bertz CT molecular complexity index is 577. The van der Waals surface area contributed by atoms with E-state index in [-0.39, 0.29) is 30.3 Å². The number of benzene rings is 1. The van der Waals surface area contributed by atoms with Crippen molar-refractivity contribution in [2.24, 2.45) is 0 Å². The molecule has 0 aromatic heterocycles. The molecule has 2 aliphatic heterocycles. The third-order valence-corrected chi connectivity index (χ3v) is 4.17. The van der Waals surface area contributed by atoms with E-state index in [0.717, 1.165) is 25.1 Å². The van der Waals surface area contributed by atoms with Gasteiger partial charge in [0.2, 0.25) is 5.91 Å². The fraction of sp³-hybridized carbons (Fsp3) is 0.500. The summed E-state index contributed by atoms with van der Waals surface area (Å²) >= 11 is 0. The van der Waals surface area contributed by atoms with Gasteiger partial charge < -0.3 is 9.80 Å². The Morgan fingerprint density at radius 3 is 2.90 bits per heavy atom. The molecule has 112 valence electrons. The standard InChI is InChI=1S/C14H18N4O3/c1-16-6-5-12(9-16)17-13(19)8-15-14(17)10-3-2-4-11(7-10)18(20)21/h2-4,7,12,14-15H,5-6,8-9H2,1H3. The number of nitro groups is 1. The molecule has 1 aromatic rings. The summed E-state index contributed by atoms with van der Waals surface area (Å²) in [6, 6.07) is 6.67. The highest BCUT2D eigenvalue weighted by molar-refractivity contribution is 5.81. The Hall–Kier alpha value is -1.99. The van der Waals surface area contributed by atoms with Crippen molar-refractivity contribution in [3.63, 3.8) is 0 Å². The zero-order valence-electron chi connectivity index (χ0n) is 11.9. The lowest BCUT2D eigenvalue weighted by Crippen LogP contribution is -2.41. The monoisotopic (exact) mass is 290 g/mol. The highest BCUT2D eigenvalue weighted by Gasteiger charge is 2.39. The molecule has 1 N–H and O–H groups in total. The molecule has 7 nitrogen and oxygen atoms in total. The number of nitrogens with zero attached hydrogens (tertiary/aromatic N) is 3. The second-order valence-electron chi connectivity index (χ2n) is 5.64. The topological polar surface area (TPSA) is 78.7 Å². The van der Waals surface area contributed by atoms with Crippen LogP contribution in [0, 0.1) is 10.1 Å². The molecule has 1 amide bonds. The summed E-state index contributed by atoms with van der Waals surface area (Å²) in [7, 11) is 2.04. The predicted octanol–water partition coefficient (Wildman–Crippen LogP) is 0.729. The van der Waals surface area contributed by atoms with Gasteiger partial charge in [-0.3, -0.25) is 20.2 Å². The minimum atomic E-state index is -0.409. The van der Waals surface area contributed by atoms with Crippen LogP contribution in [0.4, 0.5) is 5.69 Å². The maximum Gasteiger partial charge on any atom is 0.269 e. The second-order valence-corrected chi connectivity index (χ2v) is 5.64. The average Bonchev–Trinajstić information content (AvgIpc) is 3.04. The van der Waals surface area contributed by atoms with Crippen molar-refractivity contribution in [3.8, 4) is 0 Å². The van der Waals surface area contributed by atoms with Gasteiger partial charge in [0.15, 0.2) is 0 Å². The van der Waals surface area contributed by atoms with E-state index in [4.69, 9.17) is 0 Å². The van der Waals surface area contributed by atoms with Gasteiger partial charge in [0, 0.05) is 24.7 Å². The SMILES string of the molecule is CN1CCC(N2C(=O)CNC2c2cccc([N+](=O)[O-])c2)C1. The van der Waals surface area contributed by atoms with Crippen molar-refractivity contribution in [1.82, 2.24) is 15.1 Å². The van der Waals surface area contributed by atoms with Crippen molar-refractivity contribution in [1.29, 1.82) is 0 Å². The van der Waals surface area contributed by atoms with Crippen LogP contribution in [0.3, 0.4) is 0 Å². The molecule has 21 heavy (non-hydrogen) atoms. The van der Waals surface area contributed by atoms with Crippen LogP contribution in [0.2, 0.25) is 0 Å². The smallest absolute Gasteiger partial charge is 0.269 e. The molecule has 7 heteroatoms. The van der Waals surface area contributed by atoms with Gasteiger partial charge in [-0.05, 0) is 25.6 Å². The highest BCUT2D eigenvalue weighted by Crippen LogP contribution is 2.30. The summed E-state index contributed by atoms with van der Waals surface area (Å²) in [5, 5.41) is 14.1. The maximum atomic E-state index is 12.2. The molecule has 0 bridgehead atoms. The first-order valence-corrected chi connectivity index (χ1v) is 7.03. The van der Waals surface area contributed by atoms with E-state index >= 15 is 0 Å². The second kappa shape index (κ2) is 5.42. The molecule has 0 spiro atoms. The summed E-state index contributed by atoms with van der Waals surface area (Å²) in [5.74, 6) is 0.0619. The van der Waals surface area contributed by atoms with E-state index in [1.54, 1.807) is 12.1 Å². The Balaban J connectivity index is 1.88. The molecule has 0 saturated carbocycles. The van der Waals surface area contributed by atoms with Gasteiger partial charge in [0.25, 0.3) is 5.69 Å². The van der Waals surface area contributed by atoms with Crippen LogP contribution in [0.25, 0.3) is 0 Å². The van der Waals surface area contributed by atoms with E-state index in [1.165, 1.54) is 6.07 Å². The van der Waals surface area contributed by atoms with E-state index in [2.05, 4.69) is 10.2 Å². The highest BCUT2D eigenvalue weighted by atomic mass is 16.6. The van der Waals surface area contributed by atoms with Gasteiger partial charge in [-0.2, -0.15) is 0 Å². The molecular weight excluding hydrogens is 272 g/mol. The number of amides is 1. The van der Waals surface area contributed by atoms with Crippen LogP contribution in [0.15, 0.2) is 24.3 Å². The fourth-order valence-electron chi connectivity index (χ4n) is 3.16. The number of non-ortho nitro benzene ring substituents is 1. The third kappa shape index (κ3) is 2.62. The van der Waals surface area contributed by atoms with Crippen LogP contribution in [0.5, 0.6) is 0 Å². The molecule has 2 aliphatic rings. The zero-order chi connectivity index (χ0) is 15.0. The number of carbonyl (C=O) groups excluding carboxylic acids is 1. The van der Waals surface area contributed by atoms with Gasteiger partial charge in [-0.25, -0.2) is 0 Å². The largest absolute Gasteiger partial charge is 0.317 e. The van der Waals surface area contributed by atoms with Crippen LogP contribution >= 0.6 is 0 Å². The van der Waals surface area contributed by atoms with Gasteiger partial charge >= 0.3 is 0 Å². The number of likely N-dealkylation sites (tertiary alicyclic amines) is 1. The Labute approximate surface area is 122 Å². The Morgan fingerprint density at radius 2 is 2.24 bits per heavy atom. The quantitative estimate of drug-likeness (QED) is 0.656. The van der Waals surface area contributed by atoms with E-state index in [1.807, 2.05) is 18.0 Å². The van der Waals surface area contributed by atoms with Crippen molar-refractivity contribution in [2.45, 2.75) is 18.6 Å². The molecule has 0 aliphatic carbocycles. The molecule has 3 rings (SSSR count). The number of likely N-dealkylation sites (N-methyl/N-ethyl adjacent to an activating group) is 1. The molecule has 2 saturated heterocycles. The summed E-state index contributed by atoms with van der Waals surface area (Å²) in [4.78, 5) is 26.7.